The van der Waals surface area contributed by atoms with Crippen LogP contribution in [0.2, 0.25) is 0 Å². The number of pyridine rings is 1. The van der Waals surface area contributed by atoms with Gasteiger partial charge in [0.15, 0.2) is 5.84 Å². The zero-order valence-electron chi connectivity index (χ0n) is 10.9. The fourth-order valence-corrected chi connectivity index (χ4v) is 2.51. The normalized spacial score (nSPS) is 20.4. The molecule has 5 nitrogen and oxygen atoms in total. The van der Waals surface area contributed by atoms with Gasteiger partial charge < -0.3 is 15.8 Å². The van der Waals surface area contributed by atoms with Crippen LogP contribution < -0.4 is 10.6 Å². The number of nitrogens with zero attached hydrogens (tertiary/aromatic N) is 3. The van der Waals surface area contributed by atoms with E-state index >= 15 is 0 Å². The van der Waals surface area contributed by atoms with Crippen molar-refractivity contribution < 1.29 is 5.21 Å². The van der Waals surface area contributed by atoms with Crippen LogP contribution in [0.25, 0.3) is 0 Å². The SMILES string of the molecule is CCC1CCN(c2nccc(C)c2/C(N)=N/O)C1. The van der Waals surface area contributed by atoms with Crippen molar-refractivity contribution >= 4 is 11.7 Å². The Morgan fingerprint density at radius 2 is 2.44 bits per heavy atom. The van der Waals surface area contributed by atoms with Gasteiger partial charge in [-0.2, -0.15) is 0 Å². The highest BCUT2D eigenvalue weighted by molar-refractivity contribution is 6.02. The third-order valence-electron chi connectivity index (χ3n) is 3.67. The Kier molecular flexibility index (Phi) is 3.69. The quantitative estimate of drug-likeness (QED) is 0.369. The van der Waals surface area contributed by atoms with Gasteiger partial charge in [-0.1, -0.05) is 18.5 Å². The van der Waals surface area contributed by atoms with E-state index in [9.17, 15) is 0 Å². The molecule has 98 valence electrons. The van der Waals surface area contributed by atoms with Crippen molar-refractivity contribution in [2.45, 2.75) is 26.7 Å². The number of hydrogen-bond acceptors (Lipinski definition) is 4. The molecule has 0 bridgehead atoms. The van der Waals surface area contributed by atoms with Gasteiger partial charge in [-0.05, 0) is 30.9 Å². The second-order valence-corrected chi connectivity index (χ2v) is 4.82. The molecule has 3 N–H and O–H groups in total. The number of anilines is 1. The maximum atomic E-state index is 8.89. The van der Waals surface area contributed by atoms with Crippen LogP contribution in [-0.2, 0) is 0 Å². The van der Waals surface area contributed by atoms with Gasteiger partial charge in [-0.15, -0.1) is 0 Å². The third kappa shape index (κ3) is 2.25. The minimum absolute atomic E-state index is 0.135. The van der Waals surface area contributed by atoms with E-state index < -0.39 is 0 Å². The topological polar surface area (TPSA) is 74.7 Å². The van der Waals surface area contributed by atoms with Crippen LogP contribution in [0.1, 0.15) is 30.9 Å². The minimum Gasteiger partial charge on any atom is -0.409 e. The molecule has 0 saturated carbocycles. The summed E-state index contributed by atoms with van der Waals surface area (Å²) in [6.45, 7) is 6.15. The van der Waals surface area contributed by atoms with E-state index in [-0.39, 0.29) is 5.84 Å². The molecule has 0 aliphatic carbocycles. The fourth-order valence-electron chi connectivity index (χ4n) is 2.51. The van der Waals surface area contributed by atoms with Gasteiger partial charge in [-0.3, -0.25) is 0 Å². The second kappa shape index (κ2) is 5.25. The van der Waals surface area contributed by atoms with Gasteiger partial charge in [0.25, 0.3) is 0 Å². The van der Waals surface area contributed by atoms with Crippen LogP contribution >= 0.6 is 0 Å². The van der Waals surface area contributed by atoms with Crippen molar-refractivity contribution in [1.82, 2.24) is 4.98 Å². The minimum atomic E-state index is 0.135. The number of aromatic nitrogens is 1. The highest BCUT2D eigenvalue weighted by Crippen LogP contribution is 2.27. The standard InChI is InChI=1S/C13H20N4O/c1-3-10-5-7-17(8-10)13-11(12(14)16-18)9(2)4-6-15-13/h4,6,10,18H,3,5,7-8H2,1-2H3,(H2,14,16). The van der Waals surface area contributed by atoms with Crippen LogP contribution in [0.4, 0.5) is 5.82 Å². The summed E-state index contributed by atoms with van der Waals surface area (Å²) >= 11 is 0. The fraction of sp³-hybridized carbons (Fsp3) is 0.538. The summed E-state index contributed by atoms with van der Waals surface area (Å²) in [6.07, 6.45) is 4.14. The lowest BCUT2D eigenvalue weighted by molar-refractivity contribution is 0.318. The number of amidine groups is 1. The van der Waals surface area contributed by atoms with E-state index in [2.05, 4.69) is 22.0 Å². The van der Waals surface area contributed by atoms with E-state index in [1.165, 1.54) is 12.8 Å². The lowest BCUT2D eigenvalue weighted by Gasteiger charge is -2.21. The lowest BCUT2D eigenvalue weighted by atomic mass is 10.1. The Labute approximate surface area is 107 Å². The summed E-state index contributed by atoms with van der Waals surface area (Å²) in [5, 5.41) is 12.0. The molecule has 1 aromatic rings. The summed E-state index contributed by atoms with van der Waals surface area (Å²) in [6, 6.07) is 1.88. The number of rotatable bonds is 3. The zero-order valence-corrected chi connectivity index (χ0v) is 10.9. The first-order chi connectivity index (χ1) is 8.67. The van der Waals surface area contributed by atoms with Crippen LogP contribution in [0.5, 0.6) is 0 Å². The van der Waals surface area contributed by atoms with Crippen molar-refractivity contribution in [3.05, 3.63) is 23.4 Å². The molecule has 1 unspecified atom stereocenters. The Morgan fingerprint density at radius 3 is 3.06 bits per heavy atom. The lowest BCUT2D eigenvalue weighted by Crippen LogP contribution is -2.26. The highest BCUT2D eigenvalue weighted by Gasteiger charge is 2.25. The molecule has 1 aromatic heterocycles. The predicted molar refractivity (Wildman–Crippen MR) is 72.1 cm³/mol. The Bertz CT molecular complexity index is 458. The molecule has 1 fully saturated rings. The Hall–Kier alpha value is -1.78. The smallest absolute Gasteiger partial charge is 0.174 e. The first-order valence-electron chi connectivity index (χ1n) is 6.35. The molecule has 1 aliphatic rings. The monoisotopic (exact) mass is 248 g/mol. The Balaban J connectivity index is 2.36. The van der Waals surface area contributed by atoms with E-state index in [0.29, 0.717) is 5.92 Å². The molecular formula is C13H20N4O. The van der Waals surface area contributed by atoms with E-state index in [1.54, 1.807) is 6.20 Å². The number of hydrogen-bond donors (Lipinski definition) is 2. The van der Waals surface area contributed by atoms with Crippen molar-refractivity contribution in [2.24, 2.45) is 16.8 Å². The number of aryl methyl sites for hydroxylation is 1. The van der Waals surface area contributed by atoms with E-state index in [0.717, 1.165) is 30.0 Å². The van der Waals surface area contributed by atoms with Crippen molar-refractivity contribution in [2.75, 3.05) is 18.0 Å². The maximum Gasteiger partial charge on any atom is 0.174 e. The maximum absolute atomic E-state index is 8.89. The van der Waals surface area contributed by atoms with Gasteiger partial charge in [0, 0.05) is 19.3 Å². The average Bonchev–Trinajstić information content (AvgIpc) is 2.86. The summed E-state index contributed by atoms with van der Waals surface area (Å²) in [7, 11) is 0. The molecule has 0 amide bonds. The van der Waals surface area contributed by atoms with Gasteiger partial charge in [-0.25, -0.2) is 4.98 Å². The third-order valence-corrected chi connectivity index (χ3v) is 3.67. The van der Waals surface area contributed by atoms with E-state index in [1.807, 2.05) is 13.0 Å². The van der Waals surface area contributed by atoms with Crippen molar-refractivity contribution in [3.8, 4) is 0 Å². The summed E-state index contributed by atoms with van der Waals surface area (Å²) < 4.78 is 0. The first kappa shape index (κ1) is 12.7. The average molecular weight is 248 g/mol. The molecular weight excluding hydrogens is 228 g/mol. The molecule has 0 spiro atoms. The van der Waals surface area contributed by atoms with Gasteiger partial charge in [0.05, 0.1) is 5.56 Å². The highest BCUT2D eigenvalue weighted by atomic mass is 16.4. The van der Waals surface area contributed by atoms with Crippen LogP contribution in [-0.4, -0.2) is 29.1 Å². The van der Waals surface area contributed by atoms with Crippen molar-refractivity contribution in [3.63, 3.8) is 0 Å². The predicted octanol–water partition coefficient (Wildman–Crippen LogP) is 1.72. The summed E-state index contributed by atoms with van der Waals surface area (Å²) in [5.74, 6) is 1.68. The molecule has 0 aromatic carbocycles. The zero-order chi connectivity index (χ0) is 13.1. The number of oxime groups is 1. The molecule has 2 rings (SSSR count). The van der Waals surface area contributed by atoms with Crippen LogP contribution in [0.15, 0.2) is 17.4 Å². The first-order valence-corrected chi connectivity index (χ1v) is 6.35. The molecule has 5 heteroatoms. The molecule has 2 heterocycles. The van der Waals surface area contributed by atoms with Gasteiger partial charge in [0.2, 0.25) is 0 Å². The second-order valence-electron chi connectivity index (χ2n) is 4.82. The van der Waals surface area contributed by atoms with Gasteiger partial charge >= 0.3 is 0 Å². The van der Waals surface area contributed by atoms with E-state index in [4.69, 9.17) is 10.9 Å². The van der Waals surface area contributed by atoms with Gasteiger partial charge in [0.1, 0.15) is 5.82 Å². The molecule has 1 aliphatic heterocycles. The van der Waals surface area contributed by atoms with Crippen molar-refractivity contribution in [1.29, 1.82) is 0 Å². The molecule has 0 radical (unpaired) electrons. The van der Waals surface area contributed by atoms with Crippen LogP contribution in [0, 0.1) is 12.8 Å². The Morgan fingerprint density at radius 1 is 1.67 bits per heavy atom. The molecule has 1 atom stereocenters. The molecule has 1 saturated heterocycles. The summed E-state index contributed by atoms with van der Waals surface area (Å²) in [4.78, 5) is 6.64. The summed E-state index contributed by atoms with van der Waals surface area (Å²) in [5.41, 5.74) is 7.49. The largest absolute Gasteiger partial charge is 0.409 e. The number of nitrogens with two attached hydrogens (primary N) is 1. The van der Waals surface area contributed by atoms with Crippen LogP contribution in [0.3, 0.4) is 0 Å². The molecule has 18 heavy (non-hydrogen) atoms.